The normalized spacial score (nSPS) is 19.9. The van der Waals surface area contributed by atoms with Crippen molar-refractivity contribution in [1.82, 2.24) is 0 Å². The Morgan fingerprint density at radius 2 is 2.06 bits per heavy atom. The molecule has 1 aliphatic heterocycles. The molecule has 0 spiro atoms. The summed E-state index contributed by atoms with van der Waals surface area (Å²) in [4.78, 5) is 12.4. The average molecular weight is 220 g/mol. The predicted octanol–water partition coefficient (Wildman–Crippen LogP) is 2.81. The zero-order valence-corrected chi connectivity index (χ0v) is 8.97. The Bertz CT molecular complexity index is 690. The molecule has 0 saturated heterocycles. The highest BCUT2D eigenvalue weighted by Crippen LogP contribution is 2.41. The highest BCUT2D eigenvalue weighted by molar-refractivity contribution is 6.33. The SMILES string of the molecule is O=C1C2=CN=NC2=CC2=C1c1ccccc1C2. The Kier molecular flexibility index (Phi) is 1.50. The maximum atomic E-state index is 12.4. The minimum Gasteiger partial charge on any atom is -0.288 e. The fourth-order valence-electron chi connectivity index (χ4n) is 2.63. The highest BCUT2D eigenvalue weighted by Gasteiger charge is 2.33. The van der Waals surface area contributed by atoms with E-state index in [1.165, 1.54) is 5.56 Å². The first-order valence-electron chi connectivity index (χ1n) is 5.54. The fourth-order valence-corrected chi connectivity index (χ4v) is 2.63. The fraction of sp³-hybridized carbons (Fsp3) is 0.0714. The van der Waals surface area contributed by atoms with Crippen LogP contribution < -0.4 is 0 Å². The molecule has 0 aromatic heterocycles. The van der Waals surface area contributed by atoms with Gasteiger partial charge in [0, 0.05) is 5.57 Å². The second-order valence-corrected chi connectivity index (χ2v) is 4.35. The van der Waals surface area contributed by atoms with Crippen LogP contribution in [0.15, 0.2) is 63.6 Å². The summed E-state index contributed by atoms with van der Waals surface area (Å²) in [5.74, 6) is 0.0625. The van der Waals surface area contributed by atoms with Gasteiger partial charge in [-0.2, -0.15) is 10.2 Å². The zero-order valence-electron chi connectivity index (χ0n) is 8.97. The lowest BCUT2D eigenvalue weighted by molar-refractivity contribution is -0.110. The van der Waals surface area contributed by atoms with Gasteiger partial charge in [0.2, 0.25) is 0 Å². The first-order chi connectivity index (χ1) is 8.34. The quantitative estimate of drug-likeness (QED) is 0.662. The molecule has 1 aromatic carbocycles. The van der Waals surface area contributed by atoms with Crippen molar-refractivity contribution < 1.29 is 4.79 Å². The molecule has 0 unspecified atom stereocenters. The molecule has 0 amide bonds. The van der Waals surface area contributed by atoms with Crippen LogP contribution in [-0.2, 0) is 11.2 Å². The van der Waals surface area contributed by atoms with E-state index in [4.69, 9.17) is 0 Å². The third kappa shape index (κ3) is 1.03. The van der Waals surface area contributed by atoms with Crippen LogP contribution in [0.2, 0.25) is 0 Å². The minimum absolute atomic E-state index is 0.0625. The van der Waals surface area contributed by atoms with Crippen LogP contribution >= 0.6 is 0 Å². The van der Waals surface area contributed by atoms with Crippen molar-refractivity contribution in [3.8, 4) is 0 Å². The lowest BCUT2D eigenvalue weighted by atomic mass is 9.91. The zero-order chi connectivity index (χ0) is 11.4. The summed E-state index contributed by atoms with van der Waals surface area (Å²) in [7, 11) is 0. The van der Waals surface area contributed by atoms with Crippen molar-refractivity contribution in [1.29, 1.82) is 0 Å². The molecule has 1 aromatic rings. The first-order valence-corrected chi connectivity index (χ1v) is 5.54. The molecule has 1 heterocycles. The highest BCUT2D eigenvalue weighted by atomic mass is 16.1. The van der Waals surface area contributed by atoms with Crippen LogP contribution in [0.25, 0.3) is 5.57 Å². The number of fused-ring (bicyclic) bond motifs is 3. The van der Waals surface area contributed by atoms with Gasteiger partial charge >= 0.3 is 0 Å². The first kappa shape index (κ1) is 8.82. The van der Waals surface area contributed by atoms with E-state index in [-0.39, 0.29) is 5.78 Å². The number of allylic oxidation sites excluding steroid dienone is 4. The van der Waals surface area contributed by atoms with Gasteiger partial charge in [0.05, 0.1) is 17.5 Å². The molecule has 80 valence electrons. The second-order valence-electron chi connectivity index (χ2n) is 4.35. The van der Waals surface area contributed by atoms with Crippen molar-refractivity contribution >= 4 is 11.4 Å². The Balaban J connectivity index is 1.97. The number of nitrogens with zero attached hydrogens (tertiary/aromatic N) is 2. The molecular formula is C14H8N2O. The Morgan fingerprint density at radius 3 is 3.00 bits per heavy atom. The van der Waals surface area contributed by atoms with E-state index >= 15 is 0 Å². The molecule has 0 bridgehead atoms. The number of rotatable bonds is 0. The van der Waals surface area contributed by atoms with Crippen LogP contribution in [0, 0.1) is 0 Å². The van der Waals surface area contributed by atoms with Crippen LogP contribution in [0.3, 0.4) is 0 Å². The van der Waals surface area contributed by atoms with E-state index in [2.05, 4.69) is 16.3 Å². The van der Waals surface area contributed by atoms with Crippen molar-refractivity contribution in [3.05, 3.63) is 64.5 Å². The molecule has 0 fully saturated rings. The number of carbonyl (C=O) groups excluding carboxylic acids is 1. The maximum absolute atomic E-state index is 12.4. The number of carbonyl (C=O) groups is 1. The monoisotopic (exact) mass is 220 g/mol. The average Bonchev–Trinajstić information content (AvgIpc) is 2.92. The summed E-state index contributed by atoms with van der Waals surface area (Å²) in [6, 6.07) is 8.07. The van der Waals surface area contributed by atoms with Gasteiger partial charge in [0.1, 0.15) is 0 Å². The maximum Gasteiger partial charge on any atom is 0.197 e. The minimum atomic E-state index is 0.0625. The van der Waals surface area contributed by atoms with E-state index in [0.29, 0.717) is 11.3 Å². The summed E-state index contributed by atoms with van der Waals surface area (Å²) in [5.41, 5.74) is 5.53. The van der Waals surface area contributed by atoms with Crippen molar-refractivity contribution in [2.75, 3.05) is 0 Å². The predicted molar refractivity (Wildman–Crippen MR) is 63.1 cm³/mol. The Labute approximate surface area is 97.9 Å². The molecule has 17 heavy (non-hydrogen) atoms. The third-order valence-electron chi connectivity index (χ3n) is 3.40. The third-order valence-corrected chi connectivity index (χ3v) is 3.40. The number of azo groups is 1. The van der Waals surface area contributed by atoms with Gasteiger partial charge in [-0.15, -0.1) is 0 Å². The van der Waals surface area contributed by atoms with Gasteiger partial charge < -0.3 is 0 Å². The molecule has 3 nitrogen and oxygen atoms in total. The smallest absolute Gasteiger partial charge is 0.197 e. The van der Waals surface area contributed by atoms with E-state index in [1.807, 2.05) is 24.3 Å². The molecule has 2 aliphatic carbocycles. The summed E-state index contributed by atoms with van der Waals surface area (Å²) < 4.78 is 0. The van der Waals surface area contributed by atoms with Crippen LogP contribution in [-0.4, -0.2) is 5.78 Å². The largest absolute Gasteiger partial charge is 0.288 e. The standard InChI is InChI=1S/C14H8N2O/c17-14-11-7-15-16-12(11)6-9-5-8-3-1-2-4-10(8)13(9)14/h1-4,6-7H,5H2. The van der Waals surface area contributed by atoms with Gasteiger partial charge in [-0.05, 0) is 29.2 Å². The van der Waals surface area contributed by atoms with Crippen LogP contribution in [0.4, 0.5) is 0 Å². The van der Waals surface area contributed by atoms with E-state index in [1.54, 1.807) is 6.20 Å². The summed E-state index contributed by atoms with van der Waals surface area (Å²) in [5, 5.41) is 7.78. The van der Waals surface area contributed by atoms with Gasteiger partial charge in [-0.3, -0.25) is 4.79 Å². The lowest BCUT2D eigenvalue weighted by Gasteiger charge is -2.11. The molecule has 4 rings (SSSR count). The number of hydrogen-bond donors (Lipinski definition) is 0. The summed E-state index contributed by atoms with van der Waals surface area (Å²) >= 11 is 0. The lowest BCUT2D eigenvalue weighted by Crippen LogP contribution is -2.09. The Hall–Kier alpha value is -2.29. The number of Topliss-reactive ketones (excluding diaryl/α,β-unsaturated/α-hetero) is 1. The molecule has 3 aliphatic rings. The van der Waals surface area contributed by atoms with Crippen molar-refractivity contribution in [2.24, 2.45) is 10.2 Å². The molecule has 0 saturated carbocycles. The molecule has 3 heteroatoms. The number of hydrogen-bond acceptors (Lipinski definition) is 3. The summed E-state index contributed by atoms with van der Waals surface area (Å²) in [6.07, 6.45) is 4.36. The molecular weight excluding hydrogens is 212 g/mol. The second kappa shape index (κ2) is 2.88. The van der Waals surface area contributed by atoms with Crippen molar-refractivity contribution in [2.45, 2.75) is 6.42 Å². The van der Waals surface area contributed by atoms with Crippen LogP contribution in [0.1, 0.15) is 11.1 Å². The van der Waals surface area contributed by atoms with Gasteiger partial charge in [0.15, 0.2) is 5.78 Å². The van der Waals surface area contributed by atoms with Crippen LogP contribution in [0.5, 0.6) is 0 Å². The Morgan fingerprint density at radius 1 is 1.18 bits per heavy atom. The van der Waals surface area contributed by atoms with Gasteiger partial charge in [-0.1, -0.05) is 24.3 Å². The van der Waals surface area contributed by atoms with E-state index < -0.39 is 0 Å². The van der Waals surface area contributed by atoms with Gasteiger partial charge in [0.25, 0.3) is 0 Å². The molecule has 0 atom stereocenters. The van der Waals surface area contributed by atoms with E-state index in [0.717, 1.165) is 23.1 Å². The molecule has 0 N–H and O–H groups in total. The molecule has 0 radical (unpaired) electrons. The topological polar surface area (TPSA) is 41.8 Å². The number of ketones is 1. The number of benzene rings is 1. The van der Waals surface area contributed by atoms with E-state index in [9.17, 15) is 4.79 Å². The summed E-state index contributed by atoms with van der Waals surface area (Å²) in [6.45, 7) is 0. The van der Waals surface area contributed by atoms with Gasteiger partial charge in [-0.25, -0.2) is 0 Å². The van der Waals surface area contributed by atoms with Crippen molar-refractivity contribution in [3.63, 3.8) is 0 Å².